The van der Waals surface area contributed by atoms with Crippen molar-refractivity contribution in [2.45, 2.75) is 45.6 Å². The van der Waals surface area contributed by atoms with E-state index in [1.807, 2.05) is 18.2 Å². The molecule has 3 heteroatoms. The van der Waals surface area contributed by atoms with E-state index in [9.17, 15) is 9.90 Å². The minimum atomic E-state index is -0.469. The molecule has 1 aliphatic heterocycles. The third-order valence-corrected chi connectivity index (χ3v) is 3.69. The Hall–Kier alpha value is -1.35. The van der Waals surface area contributed by atoms with Crippen molar-refractivity contribution in [3.8, 4) is 0 Å². The topological polar surface area (TPSA) is 49.3 Å². The number of benzene rings is 1. The number of hydrogen-bond acceptors (Lipinski definition) is 2. The van der Waals surface area contributed by atoms with Crippen LogP contribution in [0.2, 0.25) is 0 Å². The first-order valence-electron chi connectivity index (χ1n) is 7.17. The molecule has 1 heterocycles. The van der Waals surface area contributed by atoms with Crippen LogP contribution in [-0.4, -0.2) is 17.6 Å². The van der Waals surface area contributed by atoms with Gasteiger partial charge in [-0.25, -0.2) is 0 Å². The highest BCUT2D eigenvalue weighted by Crippen LogP contribution is 2.24. The van der Waals surface area contributed by atoms with Gasteiger partial charge in [-0.05, 0) is 48.8 Å². The quantitative estimate of drug-likeness (QED) is 0.875. The zero-order valence-corrected chi connectivity index (χ0v) is 11.8. The van der Waals surface area contributed by atoms with Crippen LogP contribution in [-0.2, 0) is 6.42 Å². The van der Waals surface area contributed by atoms with Crippen molar-refractivity contribution in [3.05, 3.63) is 34.9 Å². The van der Waals surface area contributed by atoms with Crippen LogP contribution in [0.4, 0.5) is 0 Å². The molecule has 0 fully saturated rings. The summed E-state index contributed by atoms with van der Waals surface area (Å²) in [5.74, 6) is 0.573. The van der Waals surface area contributed by atoms with E-state index in [0.29, 0.717) is 5.92 Å². The van der Waals surface area contributed by atoms with E-state index in [1.165, 1.54) is 0 Å². The van der Waals surface area contributed by atoms with Crippen molar-refractivity contribution in [2.75, 3.05) is 6.54 Å². The van der Waals surface area contributed by atoms with Gasteiger partial charge in [-0.1, -0.05) is 26.0 Å². The average Bonchev–Trinajstić information content (AvgIpc) is 2.58. The summed E-state index contributed by atoms with van der Waals surface area (Å²) in [6.45, 7) is 5.03. The van der Waals surface area contributed by atoms with E-state index in [4.69, 9.17) is 0 Å². The van der Waals surface area contributed by atoms with Crippen molar-refractivity contribution in [3.63, 3.8) is 0 Å². The highest BCUT2D eigenvalue weighted by Gasteiger charge is 2.17. The molecule has 0 saturated carbocycles. The SMILES string of the molecule is CC(C)CCC(O)c1ccc2c(c1)C(=O)NCCC2. The Morgan fingerprint density at radius 1 is 1.32 bits per heavy atom. The minimum Gasteiger partial charge on any atom is -0.388 e. The number of aliphatic hydroxyl groups excluding tert-OH is 1. The van der Waals surface area contributed by atoms with Gasteiger partial charge in [0.05, 0.1) is 6.10 Å². The number of nitrogens with one attached hydrogen (secondary N) is 1. The predicted octanol–water partition coefficient (Wildman–Crippen LogP) is 2.83. The van der Waals surface area contributed by atoms with Crippen molar-refractivity contribution < 1.29 is 9.90 Å². The highest BCUT2D eigenvalue weighted by atomic mass is 16.3. The number of fused-ring (bicyclic) bond motifs is 1. The number of carbonyl (C=O) groups is 1. The maximum Gasteiger partial charge on any atom is 0.251 e. The lowest BCUT2D eigenvalue weighted by molar-refractivity contribution is 0.0955. The Morgan fingerprint density at radius 2 is 2.11 bits per heavy atom. The zero-order valence-electron chi connectivity index (χ0n) is 11.8. The molecule has 19 heavy (non-hydrogen) atoms. The fourth-order valence-corrected chi connectivity index (χ4v) is 2.46. The van der Waals surface area contributed by atoms with Gasteiger partial charge < -0.3 is 10.4 Å². The second-order valence-electron chi connectivity index (χ2n) is 5.76. The van der Waals surface area contributed by atoms with Crippen molar-refractivity contribution in [2.24, 2.45) is 5.92 Å². The molecule has 0 aromatic heterocycles. The normalized spacial score (nSPS) is 16.7. The average molecular weight is 261 g/mol. The maximum atomic E-state index is 12.0. The third-order valence-electron chi connectivity index (χ3n) is 3.69. The van der Waals surface area contributed by atoms with Gasteiger partial charge in [0.25, 0.3) is 5.91 Å². The summed E-state index contributed by atoms with van der Waals surface area (Å²) in [5.41, 5.74) is 2.69. The first-order chi connectivity index (χ1) is 9.08. The monoisotopic (exact) mass is 261 g/mol. The number of rotatable bonds is 4. The largest absolute Gasteiger partial charge is 0.388 e. The number of aliphatic hydroxyl groups is 1. The summed E-state index contributed by atoms with van der Waals surface area (Å²) in [7, 11) is 0. The van der Waals surface area contributed by atoms with Crippen LogP contribution in [0.15, 0.2) is 18.2 Å². The molecule has 1 amide bonds. The van der Waals surface area contributed by atoms with Crippen LogP contribution in [0.5, 0.6) is 0 Å². The molecular weight excluding hydrogens is 238 g/mol. The molecule has 1 aromatic rings. The molecule has 1 atom stereocenters. The second-order valence-corrected chi connectivity index (χ2v) is 5.76. The summed E-state index contributed by atoms with van der Waals surface area (Å²) >= 11 is 0. The highest BCUT2D eigenvalue weighted by molar-refractivity contribution is 5.96. The Balaban J connectivity index is 2.17. The lowest BCUT2D eigenvalue weighted by Gasteiger charge is -2.14. The van der Waals surface area contributed by atoms with Crippen LogP contribution in [0.25, 0.3) is 0 Å². The van der Waals surface area contributed by atoms with Gasteiger partial charge in [-0.15, -0.1) is 0 Å². The third kappa shape index (κ3) is 3.57. The van der Waals surface area contributed by atoms with Crippen LogP contribution < -0.4 is 5.32 Å². The van der Waals surface area contributed by atoms with E-state index < -0.39 is 6.10 Å². The lowest BCUT2D eigenvalue weighted by atomic mass is 9.95. The van der Waals surface area contributed by atoms with E-state index in [-0.39, 0.29) is 5.91 Å². The fourth-order valence-electron chi connectivity index (χ4n) is 2.46. The molecule has 0 saturated heterocycles. The molecular formula is C16H23NO2. The maximum absolute atomic E-state index is 12.0. The number of carbonyl (C=O) groups excluding carboxylic acids is 1. The molecule has 3 nitrogen and oxygen atoms in total. The summed E-state index contributed by atoms with van der Waals surface area (Å²) in [6.07, 6.45) is 3.18. The molecule has 2 N–H and O–H groups in total. The Labute approximate surface area is 115 Å². The van der Waals surface area contributed by atoms with Gasteiger partial charge in [0.2, 0.25) is 0 Å². The first kappa shape index (κ1) is 14.1. The number of aryl methyl sites for hydroxylation is 1. The lowest BCUT2D eigenvalue weighted by Crippen LogP contribution is -2.22. The standard InChI is InChI=1S/C16H23NO2/c1-11(2)5-8-15(18)13-7-6-12-4-3-9-17-16(19)14(12)10-13/h6-7,10-11,15,18H,3-5,8-9H2,1-2H3,(H,17,19). The molecule has 1 unspecified atom stereocenters. The molecule has 1 aromatic carbocycles. The Morgan fingerprint density at radius 3 is 2.84 bits per heavy atom. The molecule has 0 bridgehead atoms. The molecule has 1 aliphatic rings. The van der Waals surface area contributed by atoms with Gasteiger partial charge in [0.15, 0.2) is 0 Å². The predicted molar refractivity (Wildman–Crippen MR) is 76.1 cm³/mol. The number of hydrogen-bond donors (Lipinski definition) is 2. The van der Waals surface area contributed by atoms with E-state index in [2.05, 4.69) is 19.2 Å². The van der Waals surface area contributed by atoms with Gasteiger partial charge in [-0.2, -0.15) is 0 Å². The molecule has 0 radical (unpaired) electrons. The van der Waals surface area contributed by atoms with Crippen molar-refractivity contribution in [1.29, 1.82) is 0 Å². The van der Waals surface area contributed by atoms with Gasteiger partial charge >= 0.3 is 0 Å². The van der Waals surface area contributed by atoms with E-state index >= 15 is 0 Å². The molecule has 2 rings (SSSR count). The Kier molecular flexibility index (Phi) is 4.59. The summed E-state index contributed by atoms with van der Waals surface area (Å²) in [4.78, 5) is 12.0. The van der Waals surface area contributed by atoms with E-state index in [0.717, 1.165) is 48.9 Å². The fraction of sp³-hybridized carbons (Fsp3) is 0.562. The van der Waals surface area contributed by atoms with Crippen LogP contribution in [0, 0.1) is 5.92 Å². The van der Waals surface area contributed by atoms with Crippen LogP contribution in [0.1, 0.15) is 60.7 Å². The van der Waals surface area contributed by atoms with Crippen molar-refractivity contribution >= 4 is 5.91 Å². The molecule has 0 aliphatic carbocycles. The van der Waals surface area contributed by atoms with Crippen LogP contribution >= 0.6 is 0 Å². The second kappa shape index (κ2) is 6.20. The number of amides is 1. The van der Waals surface area contributed by atoms with Crippen molar-refractivity contribution in [1.82, 2.24) is 5.32 Å². The molecule has 0 spiro atoms. The summed E-state index contributed by atoms with van der Waals surface area (Å²) < 4.78 is 0. The van der Waals surface area contributed by atoms with Gasteiger partial charge in [-0.3, -0.25) is 4.79 Å². The summed E-state index contributed by atoms with van der Waals surface area (Å²) in [5, 5.41) is 13.1. The smallest absolute Gasteiger partial charge is 0.251 e. The minimum absolute atomic E-state index is 0.00888. The Bertz CT molecular complexity index is 454. The van der Waals surface area contributed by atoms with Gasteiger partial charge in [0.1, 0.15) is 0 Å². The van der Waals surface area contributed by atoms with Crippen LogP contribution in [0.3, 0.4) is 0 Å². The van der Waals surface area contributed by atoms with Gasteiger partial charge in [0, 0.05) is 12.1 Å². The first-order valence-corrected chi connectivity index (χ1v) is 7.17. The molecule has 104 valence electrons. The zero-order chi connectivity index (χ0) is 13.8. The van der Waals surface area contributed by atoms with E-state index in [1.54, 1.807) is 0 Å². The summed E-state index contributed by atoms with van der Waals surface area (Å²) in [6, 6.07) is 5.82.